The van der Waals surface area contributed by atoms with Crippen LogP contribution < -0.4 is 5.73 Å². The fourth-order valence-corrected chi connectivity index (χ4v) is 2.03. The Balaban J connectivity index is 2.80. The summed E-state index contributed by atoms with van der Waals surface area (Å²) in [6, 6.07) is 7.74. The molecule has 0 atom stereocenters. The van der Waals surface area contributed by atoms with Gasteiger partial charge in [-0.25, -0.2) is 4.98 Å². The maximum Gasteiger partial charge on any atom is 0.142 e. The second-order valence-corrected chi connectivity index (χ2v) is 4.00. The van der Waals surface area contributed by atoms with Crippen molar-refractivity contribution in [2.75, 3.05) is 5.73 Å². The van der Waals surface area contributed by atoms with E-state index in [1.807, 2.05) is 32.0 Å². The van der Waals surface area contributed by atoms with Crippen LogP contribution in [0.15, 0.2) is 24.4 Å². The number of aromatic nitrogens is 2. The van der Waals surface area contributed by atoms with Crippen LogP contribution in [0.4, 0.5) is 5.82 Å². The number of nitrogens with two attached hydrogens (primary N) is 1. The Morgan fingerprint density at radius 2 is 2.17 bits per heavy atom. The fraction of sp³-hybridized carbons (Fsp3) is 0.214. The van der Waals surface area contributed by atoms with Crippen LogP contribution in [0.1, 0.15) is 23.7 Å². The largest absolute Gasteiger partial charge is 0.383 e. The highest BCUT2D eigenvalue weighted by atomic mass is 14.9. The van der Waals surface area contributed by atoms with E-state index in [-0.39, 0.29) is 5.82 Å². The van der Waals surface area contributed by atoms with Crippen LogP contribution in [0, 0.1) is 18.3 Å². The number of anilines is 1. The highest BCUT2D eigenvalue weighted by molar-refractivity contribution is 5.76. The van der Waals surface area contributed by atoms with Crippen molar-refractivity contribution in [2.45, 2.75) is 20.3 Å². The summed E-state index contributed by atoms with van der Waals surface area (Å²) >= 11 is 0. The topological polar surface area (TPSA) is 75.6 Å². The summed E-state index contributed by atoms with van der Waals surface area (Å²) in [6.07, 6.45) is 2.49. The van der Waals surface area contributed by atoms with Crippen molar-refractivity contribution in [2.24, 2.45) is 0 Å². The summed E-state index contributed by atoms with van der Waals surface area (Å²) < 4.78 is 0. The summed E-state index contributed by atoms with van der Waals surface area (Å²) in [4.78, 5) is 8.58. The molecular formula is C14H14N4. The van der Waals surface area contributed by atoms with Crippen LogP contribution >= 0.6 is 0 Å². The van der Waals surface area contributed by atoms with Crippen LogP contribution in [0.3, 0.4) is 0 Å². The Morgan fingerprint density at radius 3 is 2.72 bits per heavy atom. The molecule has 4 nitrogen and oxygen atoms in total. The van der Waals surface area contributed by atoms with Gasteiger partial charge in [0.15, 0.2) is 0 Å². The third-order valence-electron chi connectivity index (χ3n) is 2.94. The molecule has 0 bridgehead atoms. The van der Waals surface area contributed by atoms with Gasteiger partial charge in [0.2, 0.25) is 0 Å². The molecule has 2 N–H and O–H groups in total. The highest BCUT2D eigenvalue weighted by Gasteiger charge is 2.16. The third kappa shape index (κ3) is 1.91. The van der Waals surface area contributed by atoms with Crippen molar-refractivity contribution in [3.63, 3.8) is 0 Å². The van der Waals surface area contributed by atoms with E-state index in [1.165, 1.54) is 0 Å². The van der Waals surface area contributed by atoms with Gasteiger partial charge in [-0.05, 0) is 31.0 Å². The van der Waals surface area contributed by atoms with E-state index < -0.39 is 0 Å². The molecule has 0 fully saturated rings. The van der Waals surface area contributed by atoms with Gasteiger partial charge in [-0.3, -0.25) is 4.98 Å². The Labute approximate surface area is 106 Å². The highest BCUT2D eigenvalue weighted by Crippen LogP contribution is 2.30. The quantitative estimate of drug-likeness (QED) is 0.872. The van der Waals surface area contributed by atoms with Crippen molar-refractivity contribution >= 4 is 5.82 Å². The van der Waals surface area contributed by atoms with E-state index in [0.717, 1.165) is 28.9 Å². The maximum absolute atomic E-state index is 9.25. The number of nitriles is 1. The molecule has 90 valence electrons. The second-order valence-electron chi connectivity index (χ2n) is 4.00. The number of hydrogen-bond acceptors (Lipinski definition) is 4. The van der Waals surface area contributed by atoms with Crippen LogP contribution in [0.2, 0.25) is 0 Å². The predicted molar refractivity (Wildman–Crippen MR) is 70.7 cm³/mol. The van der Waals surface area contributed by atoms with Gasteiger partial charge >= 0.3 is 0 Å². The molecule has 18 heavy (non-hydrogen) atoms. The first-order valence-electron chi connectivity index (χ1n) is 5.79. The predicted octanol–water partition coefficient (Wildman–Crippen LogP) is 2.47. The van der Waals surface area contributed by atoms with Gasteiger partial charge in [-0.2, -0.15) is 5.26 Å². The van der Waals surface area contributed by atoms with Gasteiger partial charge in [-0.15, -0.1) is 0 Å². The first-order chi connectivity index (χ1) is 8.69. The SMILES string of the molecule is CCc1nc(N)c(C#N)c(-c2ccccn2)c1C. The average Bonchev–Trinajstić information content (AvgIpc) is 2.41. The molecule has 2 rings (SSSR count). The molecule has 4 heteroatoms. The minimum absolute atomic E-state index is 0.278. The molecular weight excluding hydrogens is 224 g/mol. The summed E-state index contributed by atoms with van der Waals surface area (Å²) in [7, 11) is 0. The number of hydrogen-bond donors (Lipinski definition) is 1. The van der Waals surface area contributed by atoms with Gasteiger partial charge in [0.05, 0.1) is 5.69 Å². The van der Waals surface area contributed by atoms with E-state index in [2.05, 4.69) is 16.0 Å². The fourth-order valence-electron chi connectivity index (χ4n) is 2.03. The van der Waals surface area contributed by atoms with Crippen molar-refractivity contribution in [3.05, 3.63) is 41.2 Å². The van der Waals surface area contributed by atoms with Crippen molar-refractivity contribution in [1.29, 1.82) is 5.26 Å². The molecule has 0 aliphatic heterocycles. The lowest BCUT2D eigenvalue weighted by Crippen LogP contribution is -2.05. The zero-order valence-corrected chi connectivity index (χ0v) is 10.4. The van der Waals surface area contributed by atoms with E-state index in [9.17, 15) is 5.26 Å². The van der Waals surface area contributed by atoms with Gasteiger partial charge < -0.3 is 5.73 Å². The number of aryl methyl sites for hydroxylation is 1. The Kier molecular flexibility index (Phi) is 3.24. The summed E-state index contributed by atoms with van der Waals surface area (Å²) in [5, 5.41) is 9.25. The molecule has 0 saturated carbocycles. The second kappa shape index (κ2) is 4.84. The monoisotopic (exact) mass is 238 g/mol. The Morgan fingerprint density at radius 1 is 1.39 bits per heavy atom. The van der Waals surface area contributed by atoms with Crippen LogP contribution in [-0.2, 0) is 6.42 Å². The average molecular weight is 238 g/mol. The molecule has 0 aliphatic carbocycles. The zero-order chi connectivity index (χ0) is 13.1. The molecule has 0 unspecified atom stereocenters. The molecule has 0 aliphatic rings. The van der Waals surface area contributed by atoms with E-state index in [4.69, 9.17) is 5.73 Å². The van der Waals surface area contributed by atoms with Crippen molar-refractivity contribution in [1.82, 2.24) is 9.97 Å². The van der Waals surface area contributed by atoms with Gasteiger partial charge in [-0.1, -0.05) is 13.0 Å². The van der Waals surface area contributed by atoms with Crippen LogP contribution in [-0.4, -0.2) is 9.97 Å². The molecule has 0 aromatic carbocycles. The van der Waals surface area contributed by atoms with E-state index in [0.29, 0.717) is 5.56 Å². The molecule has 2 aromatic rings. The first-order valence-corrected chi connectivity index (χ1v) is 5.79. The lowest BCUT2D eigenvalue weighted by atomic mass is 9.97. The minimum atomic E-state index is 0.278. The van der Waals surface area contributed by atoms with Crippen molar-refractivity contribution in [3.8, 4) is 17.3 Å². The summed E-state index contributed by atoms with van der Waals surface area (Å²) in [5.41, 5.74) is 9.70. The standard InChI is InChI=1S/C14H14N4/c1-3-11-9(2)13(10(8-15)14(16)18-11)12-6-4-5-7-17-12/h4-7H,3H2,1-2H3,(H2,16,18). The summed E-state index contributed by atoms with van der Waals surface area (Å²) in [5.74, 6) is 0.278. The Hall–Kier alpha value is -2.41. The van der Waals surface area contributed by atoms with Crippen molar-refractivity contribution < 1.29 is 0 Å². The maximum atomic E-state index is 9.25. The van der Waals surface area contributed by atoms with Crippen LogP contribution in [0.25, 0.3) is 11.3 Å². The molecule has 2 aromatic heterocycles. The van der Waals surface area contributed by atoms with Gasteiger partial charge in [0, 0.05) is 17.5 Å². The van der Waals surface area contributed by atoms with E-state index >= 15 is 0 Å². The molecule has 0 spiro atoms. The number of nitrogen functional groups attached to an aromatic ring is 1. The molecule has 0 saturated heterocycles. The summed E-state index contributed by atoms with van der Waals surface area (Å²) in [6.45, 7) is 3.97. The first kappa shape index (κ1) is 12.1. The molecule has 0 radical (unpaired) electrons. The minimum Gasteiger partial charge on any atom is -0.383 e. The van der Waals surface area contributed by atoms with Gasteiger partial charge in [0.1, 0.15) is 17.5 Å². The number of pyridine rings is 2. The number of nitrogens with zero attached hydrogens (tertiary/aromatic N) is 3. The van der Waals surface area contributed by atoms with E-state index in [1.54, 1.807) is 6.20 Å². The lowest BCUT2D eigenvalue weighted by molar-refractivity contribution is 1.01. The lowest BCUT2D eigenvalue weighted by Gasteiger charge is -2.12. The van der Waals surface area contributed by atoms with Crippen LogP contribution in [0.5, 0.6) is 0 Å². The number of rotatable bonds is 2. The smallest absolute Gasteiger partial charge is 0.142 e. The van der Waals surface area contributed by atoms with Gasteiger partial charge in [0.25, 0.3) is 0 Å². The molecule has 2 heterocycles. The molecule has 0 amide bonds. The Bertz CT molecular complexity index is 611. The third-order valence-corrected chi connectivity index (χ3v) is 2.94. The normalized spacial score (nSPS) is 10.1. The zero-order valence-electron chi connectivity index (χ0n) is 10.4.